The number of hydrogen-bond donors (Lipinski definition) is 0. The normalized spacial score (nSPS) is 51.1. The lowest BCUT2D eigenvalue weighted by atomic mass is 9.34. The van der Waals surface area contributed by atoms with Crippen LogP contribution in [0.15, 0.2) is 23.4 Å². The fourth-order valence-corrected chi connectivity index (χ4v) is 11.4. The molecular weight excluding hydrogens is 480 g/mol. The Bertz CT molecular complexity index is 1240. The zero-order valence-corrected chi connectivity index (χ0v) is 25.7. The van der Waals surface area contributed by atoms with E-state index < -0.39 is 10.8 Å². The molecule has 0 radical (unpaired) electrons. The Labute approximate surface area is 236 Å². The first-order chi connectivity index (χ1) is 18.1. The van der Waals surface area contributed by atoms with Gasteiger partial charge in [-0.15, -0.1) is 0 Å². The summed E-state index contributed by atoms with van der Waals surface area (Å²) < 4.78 is 0. The lowest BCUT2D eigenvalue weighted by molar-refractivity contribution is -0.170. The van der Waals surface area contributed by atoms with Crippen molar-refractivity contribution in [3.8, 4) is 0 Å². The fraction of sp³-hybridized carbons (Fsp3) is 0.800. The van der Waals surface area contributed by atoms with Crippen LogP contribution in [0.25, 0.3) is 4.85 Å². The molecule has 4 nitrogen and oxygen atoms in total. The van der Waals surface area contributed by atoms with Crippen LogP contribution in [0, 0.1) is 57.3 Å². The summed E-state index contributed by atoms with van der Waals surface area (Å²) in [7, 11) is 0. The highest BCUT2D eigenvalue weighted by Gasteiger charge is 2.69. The number of allylic oxidation sites excluding steroid dienone is 4. The van der Waals surface area contributed by atoms with E-state index in [2.05, 4.69) is 57.4 Å². The Kier molecular flexibility index (Phi) is 5.76. The van der Waals surface area contributed by atoms with Crippen molar-refractivity contribution in [2.45, 2.75) is 112 Å². The van der Waals surface area contributed by atoms with Gasteiger partial charge in [0.15, 0.2) is 11.6 Å². The number of fused-ring (bicyclic) bond motifs is 7. The molecule has 1 aliphatic heterocycles. The SMILES string of the molecule is [C-]#[N+]C1=C[C@]2(C)C3=CC(=O)[C@@H]4[C@@H]5CC(C)(N6CC[C@H](C)C6)CC[C@]5(C)CC[C@@]4(C)[C@]3(C)CC[C@H]2C(C)(C)C1=O. The van der Waals surface area contributed by atoms with Crippen molar-refractivity contribution in [3.63, 3.8) is 0 Å². The van der Waals surface area contributed by atoms with Gasteiger partial charge in [0.1, 0.15) is 0 Å². The van der Waals surface area contributed by atoms with E-state index in [-0.39, 0.29) is 45.1 Å². The van der Waals surface area contributed by atoms with Gasteiger partial charge in [-0.3, -0.25) is 9.69 Å². The molecule has 1 unspecified atom stereocenters. The standard InChI is InChI=1S/C35H50N2O2/c1-22-11-17-37(21-22)32(5)15-13-31(4)14-16-35(8)28(23(31)19-32)25(38)18-27-33(6)20-24(36-9)29(39)30(2,3)26(33)10-12-34(27,35)7/h18,20,22-23,26,28H,10-17,19,21H2,1-8H3/t22-,23-,26-,28-,31+,32?,33-,34+,35+/m0/s1. The predicted octanol–water partition coefficient (Wildman–Crippen LogP) is 7.65. The fourth-order valence-electron chi connectivity index (χ4n) is 11.4. The van der Waals surface area contributed by atoms with Crippen molar-refractivity contribution < 1.29 is 9.59 Å². The molecule has 4 heteroatoms. The van der Waals surface area contributed by atoms with Gasteiger partial charge in [-0.2, -0.15) is 0 Å². The minimum absolute atomic E-state index is 0.0263. The highest BCUT2D eigenvalue weighted by Crippen LogP contribution is 2.74. The Morgan fingerprint density at radius 2 is 1.64 bits per heavy atom. The van der Waals surface area contributed by atoms with Crippen LogP contribution < -0.4 is 0 Å². The summed E-state index contributed by atoms with van der Waals surface area (Å²) in [6.45, 7) is 28.8. The summed E-state index contributed by atoms with van der Waals surface area (Å²) in [5, 5.41) is 0. The molecule has 5 aliphatic carbocycles. The molecule has 4 fully saturated rings. The van der Waals surface area contributed by atoms with Crippen molar-refractivity contribution in [1.82, 2.24) is 4.90 Å². The van der Waals surface area contributed by atoms with Crippen molar-refractivity contribution in [2.75, 3.05) is 13.1 Å². The highest BCUT2D eigenvalue weighted by molar-refractivity contribution is 6.03. The monoisotopic (exact) mass is 530 g/mol. The third kappa shape index (κ3) is 3.38. The van der Waals surface area contributed by atoms with Crippen LogP contribution in [0.4, 0.5) is 0 Å². The molecule has 0 N–H and O–H groups in total. The molecule has 1 saturated heterocycles. The van der Waals surface area contributed by atoms with Crippen molar-refractivity contribution in [3.05, 3.63) is 34.8 Å². The smallest absolute Gasteiger partial charge is 0.226 e. The summed E-state index contributed by atoms with van der Waals surface area (Å²) in [5.74, 6) is 1.63. The highest BCUT2D eigenvalue weighted by atomic mass is 16.1. The number of carbonyl (C=O) groups is 2. The van der Waals surface area contributed by atoms with Gasteiger partial charge in [0.25, 0.3) is 0 Å². The summed E-state index contributed by atoms with van der Waals surface area (Å²) in [6, 6.07) is 0. The molecule has 0 spiro atoms. The minimum Gasteiger partial charge on any atom is -0.307 e. The summed E-state index contributed by atoms with van der Waals surface area (Å²) in [4.78, 5) is 34.3. The van der Waals surface area contributed by atoms with E-state index in [9.17, 15) is 9.59 Å². The minimum atomic E-state index is -0.602. The average Bonchev–Trinajstić information content (AvgIpc) is 3.31. The molecule has 6 aliphatic rings. The Morgan fingerprint density at radius 3 is 2.28 bits per heavy atom. The predicted molar refractivity (Wildman–Crippen MR) is 156 cm³/mol. The Hall–Kier alpha value is -1.73. The van der Waals surface area contributed by atoms with Crippen LogP contribution >= 0.6 is 0 Å². The van der Waals surface area contributed by atoms with Gasteiger partial charge >= 0.3 is 0 Å². The van der Waals surface area contributed by atoms with Crippen LogP contribution in [-0.2, 0) is 9.59 Å². The third-order valence-electron chi connectivity index (χ3n) is 14.2. The topological polar surface area (TPSA) is 41.7 Å². The number of carbonyl (C=O) groups excluding carboxylic acids is 2. The van der Waals surface area contributed by atoms with Crippen molar-refractivity contribution >= 4 is 11.6 Å². The number of ketones is 2. The molecule has 0 aromatic carbocycles. The number of Topliss-reactive ketones (excluding diaryl/α,β-unsaturated/α-hetero) is 1. The van der Waals surface area contributed by atoms with Gasteiger partial charge in [-0.1, -0.05) is 60.1 Å². The van der Waals surface area contributed by atoms with Gasteiger partial charge in [-0.05, 0) is 105 Å². The summed E-state index contributed by atoms with van der Waals surface area (Å²) >= 11 is 0. The number of rotatable bonds is 1. The van der Waals surface area contributed by atoms with Gasteiger partial charge in [0.2, 0.25) is 5.70 Å². The van der Waals surface area contributed by atoms with Crippen LogP contribution in [0.1, 0.15) is 107 Å². The molecule has 0 aromatic rings. The Morgan fingerprint density at radius 1 is 0.949 bits per heavy atom. The van der Waals surface area contributed by atoms with Crippen LogP contribution in [0.2, 0.25) is 0 Å². The quantitative estimate of drug-likeness (QED) is 0.327. The molecular formula is C35H50N2O2. The van der Waals surface area contributed by atoms with Crippen LogP contribution in [0.5, 0.6) is 0 Å². The summed E-state index contributed by atoms with van der Waals surface area (Å²) in [6.07, 6.45) is 13.2. The van der Waals surface area contributed by atoms with Crippen molar-refractivity contribution in [2.24, 2.45) is 50.7 Å². The first-order valence-electron chi connectivity index (χ1n) is 15.7. The zero-order valence-electron chi connectivity index (χ0n) is 25.7. The number of hydrogen-bond acceptors (Lipinski definition) is 3. The van der Waals surface area contributed by atoms with E-state index in [1.54, 1.807) is 0 Å². The van der Waals surface area contributed by atoms with Gasteiger partial charge in [0, 0.05) is 28.8 Å². The molecule has 6 rings (SSSR count). The summed E-state index contributed by atoms with van der Waals surface area (Å²) in [5.41, 5.74) is 0.619. The maximum absolute atomic E-state index is 14.6. The molecule has 9 atom stereocenters. The van der Waals surface area contributed by atoms with Gasteiger partial charge in [0.05, 0.1) is 6.57 Å². The first-order valence-corrected chi connectivity index (χ1v) is 15.7. The van der Waals surface area contributed by atoms with E-state index in [1.807, 2.05) is 19.9 Å². The molecule has 3 saturated carbocycles. The zero-order chi connectivity index (χ0) is 28.4. The van der Waals surface area contributed by atoms with E-state index in [0.717, 1.165) is 31.6 Å². The van der Waals surface area contributed by atoms with Crippen LogP contribution in [-0.4, -0.2) is 35.1 Å². The molecule has 0 aromatic heterocycles. The van der Waals surface area contributed by atoms with E-state index in [0.29, 0.717) is 11.7 Å². The molecule has 212 valence electrons. The van der Waals surface area contributed by atoms with E-state index in [4.69, 9.17) is 6.57 Å². The molecule has 0 bridgehead atoms. The molecule has 1 heterocycles. The van der Waals surface area contributed by atoms with Gasteiger partial charge in [-0.25, -0.2) is 4.85 Å². The lowest BCUT2D eigenvalue weighted by Crippen LogP contribution is -2.65. The van der Waals surface area contributed by atoms with Crippen molar-refractivity contribution in [1.29, 1.82) is 0 Å². The van der Waals surface area contributed by atoms with Crippen LogP contribution in [0.3, 0.4) is 0 Å². The first kappa shape index (κ1) is 27.4. The van der Waals surface area contributed by atoms with E-state index in [1.165, 1.54) is 44.3 Å². The third-order valence-corrected chi connectivity index (χ3v) is 14.2. The lowest BCUT2D eigenvalue weighted by Gasteiger charge is -2.69. The molecule has 39 heavy (non-hydrogen) atoms. The van der Waals surface area contributed by atoms with E-state index >= 15 is 0 Å². The second-order valence-corrected chi connectivity index (χ2v) is 16.6. The second kappa shape index (κ2) is 8.18. The largest absolute Gasteiger partial charge is 0.307 e. The second-order valence-electron chi connectivity index (χ2n) is 16.6. The maximum Gasteiger partial charge on any atom is 0.226 e. The van der Waals surface area contributed by atoms with Gasteiger partial charge < -0.3 is 4.79 Å². The maximum atomic E-state index is 14.6. The number of nitrogens with zero attached hydrogens (tertiary/aromatic N) is 2. The molecule has 0 amide bonds. The number of likely N-dealkylation sites (tertiary alicyclic amines) is 1. The average molecular weight is 531 g/mol. The Balaban J connectivity index is 1.46.